The summed E-state index contributed by atoms with van der Waals surface area (Å²) in [6.45, 7) is 1.29. The van der Waals surface area contributed by atoms with Gasteiger partial charge in [-0.3, -0.25) is 9.59 Å². The van der Waals surface area contributed by atoms with Gasteiger partial charge in [-0.05, 0) is 25.7 Å². The van der Waals surface area contributed by atoms with Crippen LogP contribution in [-0.4, -0.2) is 35.0 Å². The van der Waals surface area contributed by atoms with Crippen molar-refractivity contribution in [1.29, 1.82) is 5.26 Å². The molecule has 1 aromatic heterocycles. The Balaban J connectivity index is 1.67. The van der Waals surface area contributed by atoms with E-state index in [2.05, 4.69) is 21.4 Å². The molecule has 1 aliphatic heterocycles. The highest BCUT2D eigenvalue weighted by Crippen LogP contribution is 2.36. The summed E-state index contributed by atoms with van der Waals surface area (Å²) in [5.41, 5.74) is -1.09. The number of aromatic amines is 1. The summed E-state index contributed by atoms with van der Waals surface area (Å²) in [7, 11) is 0. The molecule has 3 rings (SSSR count). The highest BCUT2D eigenvalue weighted by Gasteiger charge is 2.41. The Morgan fingerprint density at radius 3 is 2.88 bits per heavy atom. The lowest BCUT2D eigenvalue weighted by atomic mass is 9.74. The summed E-state index contributed by atoms with van der Waals surface area (Å²) in [4.78, 5) is 33.3. The molecular weight excluding hydrogens is 306 g/mol. The van der Waals surface area contributed by atoms with E-state index in [-0.39, 0.29) is 17.5 Å². The van der Waals surface area contributed by atoms with Gasteiger partial charge in [0.05, 0.1) is 6.07 Å². The highest BCUT2D eigenvalue weighted by molar-refractivity contribution is 5.85. The number of nitrogens with one attached hydrogen (secondary N) is 2. The Bertz CT molecular complexity index is 687. The van der Waals surface area contributed by atoms with E-state index in [0.29, 0.717) is 25.2 Å². The first-order valence-corrected chi connectivity index (χ1v) is 8.65. The van der Waals surface area contributed by atoms with E-state index in [1.807, 2.05) is 4.90 Å². The van der Waals surface area contributed by atoms with Gasteiger partial charge in [-0.2, -0.15) is 5.26 Å². The number of aromatic nitrogens is 2. The molecule has 1 saturated heterocycles. The Labute approximate surface area is 141 Å². The van der Waals surface area contributed by atoms with Crippen molar-refractivity contribution in [3.05, 3.63) is 22.7 Å². The number of nitrogens with zero attached hydrogens (tertiary/aromatic N) is 3. The van der Waals surface area contributed by atoms with Gasteiger partial charge in [-0.25, -0.2) is 4.98 Å². The second kappa shape index (κ2) is 7.04. The van der Waals surface area contributed by atoms with E-state index < -0.39 is 5.41 Å². The van der Waals surface area contributed by atoms with E-state index in [0.717, 1.165) is 38.6 Å². The summed E-state index contributed by atoms with van der Waals surface area (Å²) < 4.78 is 0. The molecule has 7 heteroatoms. The van der Waals surface area contributed by atoms with Gasteiger partial charge in [-0.15, -0.1) is 0 Å². The lowest BCUT2D eigenvalue weighted by Crippen LogP contribution is -2.53. The van der Waals surface area contributed by atoms with Crippen LogP contribution in [0.25, 0.3) is 0 Å². The van der Waals surface area contributed by atoms with Gasteiger partial charge in [-0.1, -0.05) is 19.3 Å². The van der Waals surface area contributed by atoms with Crippen LogP contribution in [0.2, 0.25) is 0 Å². The molecule has 2 aliphatic rings. The van der Waals surface area contributed by atoms with Crippen LogP contribution in [0.3, 0.4) is 0 Å². The fourth-order valence-electron chi connectivity index (χ4n) is 3.73. The number of hydrogen-bond donors (Lipinski definition) is 2. The first kappa shape index (κ1) is 16.5. The summed E-state index contributed by atoms with van der Waals surface area (Å²) >= 11 is 0. The van der Waals surface area contributed by atoms with Crippen molar-refractivity contribution in [2.45, 2.75) is 51.0 Å². The van der Waals surface area contributed by atoms with Gasteiger partial charge in [0.15, 0.2) is 5.82 Å². The zero-order valence-electron chi connectivity index (χ0n) is 13.8. The number of carbonyl (C=O) groups excluding carboxylic acids is 1. The second-order valence-corrected chi connectivity index (χ2v) is 6.76. The average molecular weight is 329 g/mol. The smallest absolute Gasteiger partial charge is 0.290 e. The molecule has 2 heterocycles. The van der Waals surface area contributed by atoms with Crippen LogP contribution in [0, 0.1) is 16.7 Å². The quantitative estimate of drug-likeness (QED) is 0.871. The minimum absolute atomic E-state index is 0.0557. The molecule has 1 aliphatic carbocycles. The predicted octanol–water partition coefficient (Wildman–Crippen LogP) is 1.33. The normalized spacial score (nSPS) is 23.3. The van der Waals surface area contributed by atoms with Gasteiger partial charge in [0.25, 0.3) is 5.56 Å². The topological polar surface area (TPSA) is 102 Å². The Morgan fingerprint density at radius 1 is 1.38 bits per heavy atom. The van der Waals surface area contributed by atoms with E-state index >= 15 is 0 Å². The summed E-state index contributed by atoms with van der Waals surface area (Å²) in [5, 5.41) is 12.6. The van der Waals surface area contributed by atoms with Crippen LogP contribution in [0.4, 0.5) is 5.82 Å². The van der Waals surface area contributed by atoms with Crippen LogP contribution in [0.5, 0.6) is 0 Å². The van der Waals surface area contributed by atoms with Crippen molar-refractivity contribution in [3.63, 3.8) is 0 Å². The minimum Gasteiger partial charge on any atom is -0.350 e. The maximum absolute atomic E-state index is 12.7. The maximum atomic E-state index is 12.7. The third kappa shape index (κ3) is 3.28. The summed E-state index contributed by atoms with van der Waals surface area (Å²) in [6.07, 6.45) is 9.05. The molecule has 0 spiro atoms. The lowest BCUT2D eigenvalue weighted by Gasteiger charge is -2.36. The molecule has 128 valence electrons. The van der Waals surface area contributed by atoms with Crippen molar-refractivity contribution < 1.29 is 4.79 Å². The van der Waals surface area contributed by atoms with E-state index in [4.69, 9.17) is 0 Å². The molecule has 1 amide bonds. The van der Waals surface area contributed by atoms with Crippen molar-refractivity contribution in [2.24, 2.45) is 5.41 Å². The van der Waals surface area contributed by atoms with Crippen molar-refractivity contribution in [2.75, 3.05) is 18.0 Å². The number of piperidine rings is 1. The van der Waals surface area contributed by atoms with E-state index in [1.165, 1.54) is 6.20 Å². The fourth-order valence-corrected chi connectivity index (χ4v) is 3.73. The number of H-pyrrole nitrogens is 1. The molecule has 24 heavy (non-hydrogen) atoms. The zero-order chi connectivity index (χ0) is 17.0. The number of amides is 1. The van der Waals surface area contributed by atoms with E-state index in [9.17, 15) is 14.9 Å². The van der Waals surface area contributed by atoms with Crippen molar-refractivity contribution >= 4 is 11.7 Å². The molecule has 1 atom stereocenters. The number of carbonyl (C=O) groups is 1. The average Bonchev–Trinajstić information content (AvgIpc) is 2.63. The third-order valence-electron chi connectivity index (χ3n) is 5.10. The number of nitriles is 1. The SMILES string of the molecule is N#CC1(C(=O)N[C@@H]2CCCN(c3ncc[nH]c3=O)C2)CCCCC1. The minimum atomic E-state index is -0.872. The standard InChI is InChI=1S/C17H23N5O2/c18-12-17(6-2-1-3-7-17)16(24)21-13-5-4-10-22(11-13)14-15(23)20-9-8-19-14/h8-9,13H,1-7,10-11H2,(H,20,23)(H,21,24)/t13-/m1/s1. The monoisotopic (exact) mass is 329 g/mol. The van der Waals surface area contributed by atoms with Crippen LogP contribution in [-0.2, 0) is 4.79 Å². The molecule has 2 fully saturated rings. The van der Waals surface area contributed by atoms with Crippen molar-refractivity contribution in [1.82, 2.24) is 15.3 Å². The Kier molecular flexibility index (Phi) is 4.84. The number of rotatable bonds is 3. The molecule has 1 aromatic rings. The molecular formula is C17H23N5O2. The highest BCUT2D eigenvalue weighted by atomic mass is 16.2. The summed E-state index contributed by atoms with van der Waals surface area (Å²) in [6, 6.07) is 2.21. The second-order valence-electron chi connectivity index (χ2n) is 6.76. The molecule has 0 radical (unpaired) electrons. The van der Waals surface area contributed by atoms with Gasteiger partial charge in [0, 0.05) is 31.5 Å². The van der Waals surface area contributed by atoms with Crippen molar-refractivity contribution in [3.8, 4) is 6.07 Å². The maximum Gasteiger partial charge on any atom is 0.290 e. The van der Waals surface area contributed by atoms with Crippen LogP contribution >= 0.6 is 0 Å². The fraction of sp³-hybridized carbons (Fsp3) is 0.647. The van der Waals surface area contributed by atoms with Crippen LogP contribution in [0.15, 0.2) is 17.2 Å². The predicted molar refractivity (Wildman–Crippen MR) is 89.4 cm³/mol. The molecule has 0 bridgehead atoms. The Hall–Kier alpha value is -2.36. The number of hydrogen-bond acceptors (Lipinski definition) is 5. The third-order valence-corrected chi connectivity index (χ3v) is 5.10. The molecule has 1 saturated carbocycles. The Morgan fingerprint density at radius 2 is 2.17 bits per heavy atom. The van der Waals surface area contributed by atoms with Gasteiger partial charge in [0.2, 0.25) is 5.91 Å². The lowest BCUT2D eigenvalue weighted by molar-refractivity contribution is -0.130. The van der Waals surface area contributed by atoms with Gasteiger partial charge >= 0.3 is 0 Å². The molecule has 7 nitrogen and oxygen atoms in total. The molecule has 0 aromatic carbocycles. The zero-order valence-corrected chi connectivity index (χ0v) is 13.8. The van der Waals surface area contributed by atoms with Crippen LogP contribution < -0.4 is 15.8 Å². The van der Waals surface area contributed by atoms with E-state index in [1.54, 1.807) is 6.20 Å². The number of anilines is 1. The van der Waals surface area contributed by atoms with Gasteiger partial charge in [0.1, 0.15) is 5.41 Å². The van der Waals surface area contributed by atoms with Crippen LogP contribution in [0.1, 0.15) is 44.9 Å². The first-order chi connectivity index (χ1) is 11.6. The molecule has 2 N–H and O–H groups in total. The summed E-state index contributed by atoms with van der Waals surface area (Å²) in [5.74, 6) is 0.246. The molecule has 0 unspecified atom stereocenters. The van der Waals surface area contributed by atoms with Gasteiger partial charge < -0.3 is 15.2 Å². The first-order valence-electron chi connectivity index (χ1n) is 8.65. The largest absolute Gasteiger partial charge is 0.350 e.